The van der Waals surface area contributed by atoms with Crippen LogP contribution in [0.2, 0.25) is 0 Å². The Bertz CT molecular complexity index is 787. The Morgan fingerprint density at radius 3 is 2.43 bits per heavy atom. The Morgan fingerprint density at radius 1 is 0.952 bits per heavy atom. The molecule has 0 saturated carbocycles. The molecule has 0 fully saturated rings. The number of hydrogen-bond acceptors (Lipinski definition) is 4. The average Bonchev–Trinajstić information content (AvgIpc) is 2.53. The molecular formula is C16H14N4O. The van der Waals surface area contributed by atoms with Gasteiger partial charge in [-0.25, -0.2) is 9.97 Å². The summed E-state index contributed by atoms with van der Waals surface area (Å²) in [6.45, 7) is 1.42. The van der Waals surface area contributed by atoms with Gasteiger partial charge in [0.15, 0.2) is 0 Å². The summed E-state index contributed by atoms with van der Waals surface area (Å²) in [5.41, 5.74) is 7.86. The van der Waals surface area contributed by atoms with Crippen LogP contribution in [0, 0.1) is 0 Å². The molecule has 1 heterocycles. The highest BCUT2D eigenvalue weighted by Crippen LogP contribution is 2.26. The van der Waals surface area contributed by atoms with E-state index in [-0.39, 0.29) is 5.91 Å². The maximum Gasteiger partial charge on any atom is 0.242 e. The fraction of sp³-hybridized carbons (Fsp3) is 0.0625. The van der Waals surface area contributed by atoms with Gasteiger partial charge in [-0.05, 0) is 6.07 Å². The summed E-state index contributed by atoms with van der Waals surface area (Å²) in [6.07, 6.45) is 0. The number of amides is 1. The van der Waals surface area contributed by atoms with Crippen molar-refractivity contribution in [3.05, 3.63) is 54.6 Å². The van der Waals surface area contributed by atoms with Crippen LogP contribution in [0.15, 0.2) is 54.6 Å². The molecule has 0 atom stereocenters. The first-order valence-corrected chi connectivity index (χ1v) is 6.59. The molecule has 1 amide bonds. The van der Waals surface area contributed by atoms with Crippen molar-refractivity contribution in [3.8, 4) is 11.3 Å². The number of carbonyl (C=O) groups is 1. The Morgan fingerprint density at radius 2 is 1.67 bits per heavy atom. The minimum Gasteiger partial charge on any atom is -0.274 e. The fourth-order valence-electron chi connectivity index (χ4n) is 2.09. The molecule has 104 valence electrons. The van der Waals surface area contributed by atoms with Gasteiger partial charge in [0.2, 0.25) is 11.9 Å². The monoisotopic (exact) mass is 278 g/mol. The second-order valence-electron chi connectivity index (χ2n) is 4.59. The molecule has 0 aliphatic carbocycles. The van der Waals surface area contributed by atoms with Crippen molar-refractivity contribution in [2.75, 3.05) is 5.43 Å². The van der Waals surface area contributed by atoms with Crippen LogP contribution in [0.1, 0.15) is 6.92 Å². The van der Waals surface area contributed by atoms with Crippen LogP contribution in [0.5, 0.6) is 0 Å². The molecule has 2 aromatic carbocycles. The number of rotatable bonds is 3. The molecule has 21 heavy (non-hydrogen) atoms. The minimum atomic E-state index is -0.201. The van der Waals surface area contributed by atoms with E-state index in [4.69, 9.17) is 0 Å². The molecule has 5 nitrogen and oxygen atoms in total. The number of hydrazine groups is 1. The summed E-state index contributed by atoms with van der Waals surface area (Å²) in [6, 6.07) is 17.7. The molecule has 0 aliphatic heterocycles. The van der Waals surface area contributed by atoms with E-state index in [0.717, 1.165) is 22.2 Å². The number of nitrogens with one attached hydrogen (secondary N) is 2. The zero-order valence-electron chi connectivity index (χ0n) is 11.5. The van der Waals surface area contributed by atoms with Gasteiger partial charge < -0.3 is 0 Å². The molecule has 0 saturated heterocycles. The van der Waals surface area contributed by atoms with Crippen LogP contribution in [-0.4, -0.2) is 15.9 Å². The second-order valence-corrected chi connectivity index (χ2v) is 4.59. The highest BCUT2D eigenvalue weighted by atomic mass is 16.2. The molecular weight excluding hydrogens is 264 g/mol. The molecule has 3 aromatic rings. The lowest BCUT2D eigenvalue weighted by Crippen LogP contribution is -2.27. The van der Waals surface area contributed by atoms with Crippen molar-refractivity contribution in [3.63, 3.8) is 0 Å². The van der Waals surface area contributed by atoms with E-state index in [9.17, 15) is 4.79 Å². The van der Waals surface area contributed by atoms with Crippen LogP contribution >= 0.6 is 0 Å². The standard InChI is InChI=1S/C16H14N4O/c1-11(21)19-20-16-17-14-10-6-5-9-13(14)15(18-16)12-7-3-2-4-8-12/h2-10H,1H3,(H,19,21)(H,17,18,20). The Kier molecular flexibility index (Phi) is 3.47. The number of nitrogens with zero attached hydrogens (tertiary/aromatic N) is 2. The van der Waals surface area contributed by atoms with E-state index >= 15 is 0 Å². The lowest BCUT2D eigenvalue weighted by molar-refractivity contribution is -0.118. The molecule has 3 rings (SSSR count). The van der Waals surface area contributed by atoms with Crippen LogP contribution in [0.25, 0.3) is 22.2 Å². The number of aromatic nitrogens is 2. The SMILES string of the molecule is CC(=O)NNc1nc(-c2ccccc2)c2ccccc2n1. The predicted octanol–water partition coefficient (Wildman–Crippen LogP) is 2.76. The zero-order valence-corrected chi connectivity index (χ0v) is 11.5. The quantitative estimate of drug-likeness (QED) is 0.723. The van der Waals surface area contributed by atoms with Crippen molar-refractivity contribution >= 4 is 22.8 Å². The first-order chi connectivity index (χ1) is 10.2. The van der Waals surface area contributed by atoms with Gasteiger partial charge in [0.25, 0.3) is 0 Å². The molecule has 0 unspecified atom stereocenters. The van der Waals surface area contributed by atoms with Gasteiger partial charge in [-0.3, -0.25) is 15.6 Å². The van der Waals surface area contributed by atoms with E-state index in [2.05, 4.69) is 20.8 Å². The van der Waals surface area contributed by atoms with E-state index < -0.39 is 0 Å². The van der Waals surface area contributed by atoms with Crippen LogP contribution < -0.4 is 10.9 Å². The Labute approximate surface area is 122 Å². The molecule has 0 aliphatic rings. The third-order valence-electron chi connectivity index (χ3n) is 3.00. The van der Waals surface area contributed by atoms with Gasteiger partial charge in [-0.15, -0.1) is 0 Å². The fourth-order valence-corrected chi connectivity index (χ4v) is 2.09. The normalized spacial score (nSPS) is 10.3. The molecule has 1 aromatic heterocycles. The van der Waals surface area contributed by atoms with Gasteiger partial charge in [0.05, 0.1) is 11.2 Å². The van der Waals surface area contributed by atoms with Gasteiger partial charge in [0, 0.05) is 17.9 Å². The smallest absolute Gasteiger partial charge is 0.242 e. The summed E-state index contributed by atoms with van der Waals surface area (Å²) in [7, 11) is 0. The van der Waals surface area contributed by atoms with Crippen LogP contribution in [0.4, 0.5) is 5.95 Å². The number of hydrogen-bond donors (Lipinski definition) is 2. The predicted molar refractivity (Wildman–Crippen MR) is 82.4 cm³/mol. The molecule has 0 radical (unpaired) electrons. The maximum absolute atomic E-state index is 11.0. The summed E-state index contributed by atoms with van der Waals surface area (Å²) in [5.74, 6) is 0.163. The van der Waals surface area contributed by atoms with Gasteiger partial charge in [0.1, 0.15) is 0 Å². The highest BCUT2D eigenvalue weighted by Gasteiger charge is 2.09. The number of benzene rings is 2. The van der Waals surface area contributed by atoms with E-state index in [1.165, 1.54) is 6.92 Å². The molecule has 0 spiro atoms. The number of anilines is 1. The minimum absolute atomic E-state index is 0.201. The third-order valence-corrected chi connectivity index (χ3v) is 3.00. The molecule has 0 bridgehead atoms. The zero-order chi connectivity index (χ0) is 14.7. The number of para-hydroxylation sites is 1. The van der Waals surface area contributed by atoms with E-state index in [1.807, 2.05) is 54.6 Å². The average molecular weight is 278 g/mol. The summed E-state index contributed by atoms with van der Waals surface area (Å²) in [5, 5.41) is 0.970. The summed E-state index contributed by atoms with van der Waals surface area (Å²) >= 11 is 0. The van der Waals surface area contributed by atoms with Gasteiger partial charge in [-0.2, -0.15) is 0 Å². The van der Waals surface area contributed by atoms with Gasteiger partial charge >= 0.3 is 0 Å². The first-order valence-electron chi connectivity index (χ1n) is 6.59. The maximum atomic E-state index is 11.0. The molecule has 2 N–H and O–H groups in total. The third kappa shape index (κ3) is 2.81. The van der Waals surface area contributed by atoms with E-state index in [0.29, 0.717) is 5.95 Å². The molecule has 5 heteroatoms. The lowest BCUT2D eigenvalue weighted by Gasteiger charge is -2.10. The van der Waals surface area contributed by atoms with Crippen LogP contribution in [0.3, 0.4) is 0 Å². The first kappa shape index (κ1) is 13.1. The van der Waals surface area contributed by atoms with Crippen LogP contribution in [-0.2, 0) is 4.79 Å². The lowest BCUT2D eigenvalue weighted by atomic mass is 10.1. The summed E-state index contributed by atoms with van der Waals surface area (Å²) < 4.78 is 0. The largest absolute Gasteiger partial charge is 0.274 e. The van der Waals surface area contributed by atoms with Crippen molar-refractivity contribution in [2.45, 2.75) is 6.92 Å². The van der Waals surface area contributed by atoms with Crippen molar-refractivity contribution in [2.24, 2.45) is 0 Å². The topological polar surface area (TPSA) is 66.9 Å². The number of carbonyl (C=O) groups excluding carboxylic acids is 1. The van der Waals surface area contributed by atoms with E-state index in [1.54, 1.807) is 0 Å². The van der Waals surface area contributed by atoms with Crippen molar-refractivity contribution in [1.29, 1.82) is 0 Å². The highest BCUT2D eigenvalue weighted by molar-refractivity contribution is 5.93. The Balaban J connectivity index is 2.14. The summed E-state index contributed by atoms with van der Waals surface area (Å²) in [4.78, 5) is 19.9. The van der Waals surface area contributed by atoms with Gasteiger partial charge in [-0.1, -0.05) is 48.5 Å². The number of fused-ring (bicyclic) bond motifs is 1. The Hall–Kier alpha value is -2.95. The van der Waals surface area contributed by atoms with Crippen molar-refractivity contribution in [1.82, 2.24) is 15.4 Å². The van der Waals surface area contributed by atoms with Crippen molar-refractivity contribution < 1.29 is 4.79 Å². The second kappa shape index (κ2) is 5.58.